The minimum Gasteiger partial charge on any atom is -0.481 e. The highest BCUT2D eigenvalue weighted by Gasteiger charge is 2.41. The van der Waals surface area contributed by atoms with Crippen LogP contribution in [0.5, 0.6) is 0 Å². The number of carboxylic acids is 1. The first-order chi connectivity index (χ1) is 25.1. The second-order valence-corrected chi connectivity index (χ2v) is 15.0. The van der Waals surface area contributed by atoms with Crippen molar-refractivity contribution in [2.75, 3.05) is 31.5 Å². The number of hydrogen-bond acceptors (Lipinski definition) is 10. The van der Waals surface area contributed by atoms with Crippen molar-refractivity contribution in [2.24, 2.45) is 5.92 Å². The number of nitrogens with zero attached hydrogens (tertiary/aromatic N) is 6. The van der Waals surface area contributed by atoms with E-state index in [9.17, 15) is 20.3 Å². The highest BCUT2D eigenvalue weighted by Crippen LogP contribution is 2.48. The quantitative estimate of drug-likeness (QED) is 0.142. The SMILES string of the molecule is CC1(Cl)C(c2cccc(Nc3nccc4cc(CN5CC[C@@H](O)C5)cnc34)c2)=CC=CC1c1nc2cc(CN3CC[C@H](C(=O)O)C3)cc(C#N)c2o1. The molecule has 5 aromatic rings. The van der Waals surface area contributed by atoms with Crippen molar-refractivity contribution < 1.29 is 19.4 Å². The molecule has 4 atom stereocenters. The molecule has 0 saturated carbocycles. The van der Waals surface area contributed by atoms with Crippen LogP contribution in [0.3, 0.4) is 0 Å². The minimum absolute atomic E-state index is 0.260. The molecule has 2 fully saturated rings. The largest absolute Gasteiger partial charge is 0.481 e. The Bertz CT molecular complexity index is 2290. The first-order valence-electron chi connectivity index (χ1n) is 17.5. The third-order valence-electron chi connectivity index (χ3n) is 10.4. The Kier molecular flexibility index (Phi) is 9.01. The topological polar surface area (TPSA) is 152 Å². The van der Waals surface area contributed by atoms with Crippen molar-refractivity contribution in [1.82, 2.24) is 24.8 Å². The van der Waals surface area contributed by atoms with Gasteiger partial charge in [-0.05, 0) is 85.0 Å². The molecular formula is C40H38ClN7O4. The standard InChI is InChI=1S/C40H38ClN7O4/c1-40(41)32(6-3-7-33(40)38-46-34-16-24(14-29(18-42)36(34)52-38)20-47-12-9-28(22-47)39(50)51)26-4-2-5-30(17-26)45-37-35-27(8-11-43-37)15-25(19-44-35)21-48-13-10-31(49)23-48/h2-8,11,14-17,19,28,31,33,49H,9-10,12-13,20-23H2,1H3,(H,43,45)(H,50,51)/t28-,31+,33?,40?/m0/s1. The number of aliphatic hydroxyl groups is 1. The maximum Gasteiger partial charge on any atom is 0.307 e. The van der Waals surface area contributed by atoms with E-state index in [1.807, 2.05) is 67.7 Å². The fraction of sp³-hybridized carbons (Fsp3) is 0.325. The van der Waals surface area contributed by atoms with Crippen molar-refractivity contribution in [3.05, 3.63) is 107 Å². The van der Waals surface area contributed by atoms with Crippen molar-refractivity contribution >= 4 is 56.7 Å². The molecule has 2 saturated heterocycles. The summed E-state index contributed by atoms with van der Waals surface area (Å²) in [6.45, 7) is 5.94. The summed E-state index contributed by atoms with van der Waals surface area (Å²) < 4.78 is 6.29. The molecule has 52 heavy (non-hydrogen) atoms. The van der Waals surface area contributed by atoms with Crippen LogP contribution in [0.1, 0.15) is 53.8 Å². The van der Waals surface area contributed by atoms with E-state index < -0.39 is 16.8 Å². The summed E-state index contributed by atoms with van der Waals surface area (Å²) in [5.74, 6) is -0.519. The molecule has 2 aliphatic heterocycles. The lowest BCUT2D eigenvalue weighted by Gasteiger charge is -2.33. The summed E-state index contributed by atoms with van der Waals surface area (Å²) in [6.07, 6.45) is 10.7. The lowest BCUT2D eigenvalue weighted by atomic mass is 9.79. The zero-order valence-corrected chi connectivity index (χ0v) is 29.4. The van der Waals surface area contributed by atoms with Gasteiger partial charge in [0.25, 0.3) is 0 Å². The second kappa shape index (κ2) is 13.8. The average Bonchev–Trinajstić information content (AvgIpc) is 3.88. The third kappa shape index (κ3) is 6.66. The summed E-state index contributed by atoms with van der Waals surface area (Å²) in [6, 6.07) is 18.1. The van der Waals surface area contributed by atoms with Crippen LogP contribution in [0.4, 0.5) is 11.5 Å². The molecule has 5 heterocycles. The Morgan fingerprint density at radius 1 is 1.10 bits per heavy atom. The van der Waals surface area contributed by atoms with Gasteiger partial charge in [0.1, 0.15) is 17.1 Å². The van der Waals surface area contributed by atoms with Gasteiger partial charge in [0.2, 0.25) is 5.89 Å². The Balaban J connectivity index is 1.02. The molecule has 3 aromatic heterocycles. The number of nitriles is 1. The second-order valence-electron chi connectivity index (χ2n) is 14.2. The van der Waals surface area contributed by atoms with Crippen LogP contribution in [0.2, 0.25) is 0 Å². The molecule has 0 radical (unpaired) electrons. The predicted octanol–water partition coefficient (Wildman–Crippen LogP) is 6.59. The Labute approximate surface area is 305 Å². The highest BCUT2D eigenvalue weighted by atomic mass is 35.5. The number of aromatic nitrogens is 3. The smallest absolute Gasteiger partial charge is 0.307 e. The Morgan fingerprint density at radius 2 is 1.92 bits per heavy atom. The third-order valence-corrected chi connectivity index (χ3v) is 10.8. The summed E-state index contributed by atoms with van der Waals surface area (Å²) in [5, 5.41) is 33.8. The molecule has 8 rings (SSSR count). The Morgan fingerprint density at radius 3 is 2.71 bits per heavy atom. The molecule has 1 aliphatic carbocycles. The van der Waals surface area contributed by atoms with E-state index in [1.165, 1.54) is 0 Å². The number of likely N-dealkylation sites (tertiary alicyclic amines) is 2. The maximum absolute atomic E-state index is 11.5. The van der Waals surface area contributed by atoms with Gasteiger partial charge in [0.15, 0.2) is 11.4 Å². The van der Waals surface area contributed by atoms with Crippen molar-refractivity contribution in [2.45, 2.75) is 49.8 Å². The fourth-order valence-corrected chi connectivity index (χ4v) is 8.06. The van der Waals surface area contributed by atoms with Crippen LogP contribution in [0, 0.1) is 17.2 Å². The average molecular weight is 716 g/mol. The summed E-state index contributed by atoms with van der Waals surface area (Å²) >= 11 is 7.43. The van der Waals surface area contributed by atoms with E-state index in [0.29, 0.717) is 61.0 Å². The Hall–Kier alpha value is -5.12. The van der Waals surface area contributed by atoms with Crippen LogP contribution in [-0.2, 0) is 17.9 Å². The lowest BCUT2D eigenvalue weighted by Crippen LogP contribution is -2.29. The molecule has 0 bridgehead atoms. The van der Waals surface area contributed by atoms with Crippen LogP contribution in [-0.4, -0.2) is 78.1 Å². The van der Waals surface area contributed by atoms with Gasteiger partial charge in [-0.3, -0.25) is 19.6 Å². The van der Waals surface area contributed by atoms with Gasteiger partial charge in [-0.25, -0.2) is 9.97 Å². The van der Waals surface area contributed by atoms with Gasteiger partial charge < -0.3 is 19.9 Å². The number of halogens is 1. The van der Waals surface area contributed by atoms with Crippen LogP contribution < -0.4 is 5.32 Å². The minimum atomic E-state index is -0.938. The number of aliphatic hydroxyl groups excluding tert-OH is 1. The lowest BCUT2D eigenvalue weighted by molar-refractivity contribution is -0.141. The number of anilines is 2. The van der Waals surface area contributed by atoms with Crippen LogP contribution in [0.15, 0.2) is 83.6 Å². The number of hydrogen-bond donors (Lipinski definition) is 3. The number of fused-ring (bicyclic) bond motifs is 2. The number of alkyl halides is 1. The normalized spacial score (nSPS) is 23.7. The number of aliphatic carboxylic acids is 1. The molecule has 0 amide bonds. The monoisotopic (exact) mass is 715 g/mol. The predicted molar refractivity (Wildman–Crippen MR) is 199 cm³/mol. The summed E-state index contributed by atoms with van der Waals surface area (Å²) in [7, 11) is 0. The number of carboxylic acid groups (broad SMARTS) is 1. The maximum atomic E-state index is 11.5. The van der Waals surface area contributed by atoms with E-state index >= 15 is 0 Å². The number of benzene rings is 2. The summed E-state index contributed by atoms with van der Waals surface area (Å²) in [4.78, 5) is 29.1. The van der Waals surface area contributed by atoms with E-state index in [4.69, 9.17) is 26.0 Å². The van der Waals surface area contributed by atoms with Gasteiger partial charge >= 0.3 is 5.97 Å². The zero-order valence-electron chi connectivity index (χ0n) is 28.7. The number of β-amino-alcohol motifs (C(OH)–C–C–N with tert-alkyl or cyclic N) is 1. The number of oxazole rings is 1. The van der Waals surface area contributed by atoms with Gasteiger partial charge in [-0.2, -0.15) is 5.26 Å². The molecular weight excluding hydrogens is 678 g/mol. The first-order valence-corrected chi connectivity index (χ1v) is 17.9. The van der Waals surface area contributed by atoms with E-state index in [2.05, 4.69) is 32.2 Å². The molecule has 2 aromatic carbocycles. The molecule has 264 valence electrons. The molecule has 2 unspecified atom stereocenters. The van der Waals surface area contributed by atoms with Crippen molar-refractivity contribution in [3.63, 3.8) is 0 Å². The van der Waals surface area contributed by atoms with E-state index in [0.717, 1.165) is 58.4 Å². The van der Waals surface area contributed by atoms with Crippen LogP contribution in [0.25, 0.3) is 27.6 Å². The molecule has 3 N–H and O–H groups in total. The van der Waals surface area contributed by atoms with Gasteiger partial charge in [0.05, 0.1) is 28.4 Å². The molecule has 12 heteroatoms. The van der Waals surface area contributed by atoms with E-state index in [-0.39, 0.29) is 12.0 Å². The molecule has 11 nitrogen and oxygen atoms in total. The van der Waals surface area contributed by atoms with Gasteiger partial charge in [0, 0.05) is 56.2 Å². The summed E-state index contributed by atoms with van der Waals surface area (Å²) in [5.41, 5.74) is 6.73. The first kappa shape index (κ1) is 34.0. The molecule has 3 aliphatic rings. The van der Waals surface area contributed by atoms with Crippen molar-refractivity contribution in [1.29, 1.82) is 5.26 Å². The number of allylic oxidation sites excluding steroid dienone is 4. The van der Waals surface area contributed by atoms with Crippen LogP contribution >= 0.6 is 11.6 Å². The van der Waals surface area contributed by atoms with Gasteiger partial charge in [-0.1, -0.05) is 30.4 Å². The van der Waals surface area contributed by atoms with E-state index in [1.54, 1.807) is 12.3 Å². The highest BCUT2D eigenvalue weighted by molar-refractivity contribution is 6.31. The fourth-order valence-electron chi connectivity index (χ4n) is 7.72. The molecule has 0 spiro atoms. The number of carbonyl (C=O) groups is 1. The number of pyridine rings is 2. The number of rotatable bonds is 9. The van der Waals surface area contributed by atoms with Crippen molar-refractivity contribution in [3.8, 4) is 6.07 Å². The zero-order chi connectivity index (χ0) is 36.0. The number of nitrogens with one attached hydrogen (secondary N) is 1. The van der Waals surface area contributed by atoms with Gasteiger partial charge in [-0.15, -0.1) is 11.6 Å².